The van der Waals surface area contributed by atoms with Crippen molar-refractivity contribution < 1.29 is 9.53 Å². The van der Waals surface area contributed by atoms with Gasteiger partial charge in [0.05, 0.1) is 13.2 Å². The largest absolute Gasteiger partial charge is 0.376 e. The third kappa shape index (κ3) is 0.660. The van der Waals surface area contributed by atoms with Crippen LogP contribution in [0.3, 0.4) is 0 Å². The quantitative estimate of drug-likeness (QED) is 0.431. The van der Waals surface area contributed by atoms with E-state index in [-0.39, 0.29) is 11.4 Å². The molecule has 2 saturated heterocycles. The lowest BCUT2D eigenvalue weighted by atomic mass is 9.94. The van der Waals surface area contributed by atoms with Crippen molar-refractivity contribution in [2.75, 3.05) is 26.3 Å². The summed E-state index contributed by atoms with van der Waals surface area (Å²) in [6.45, 7) is 2.65. The molecule has 4 heteroatoms. The van der Waals surface area contributed by atoms with E-state index >= 15 is 0 Å². The number of hydrogen-bond donors (Lipinski definition) is 2. The maximum Gasteiger partial charge on any atom is 0.245 e. The van der Waals surface area contributed by atoms with Crippen molar-refractivity contribution in [1.82, 2.24) is 10.6 Å². The Morgan fingerprint density at radius 3 is 2.60 bits per heavy atom. The van der Waals surface area contributed by atoms with Gasteiger partial charge < -0.3 is 10.1 Å². The molecule has 1 spiro atoms. The molecule has 2 aliphatic heterocycles. The van der Waals surface area contributed by atoms with Gasteiger partial charge in [-0.15, -0.1) is 0 Å². The molecule has 4 nitrogen and oxygen atoms in total. The molecule has 0 atom stereocenters. The van der Waals surface area contributed by atoms with Gasteiger partial charge >= 0.3 is 0 Å². The lowest BCUT2D eigenvalue weighted by Crippen LogP contribution is -2.72. The third-order valence-electron chi connectivity index (χ3n) is 2.01. The first-order valence-corrected chi connectivity index (χ1v) is 3.45. The van der Waals surface area contributed by atoms with Crippen LogP contribution in [0.15, 0.2) is 0 Å². The lowest BCUT2D eigenvalue weighted by molar-refractivity contribution is -0.151. The summed E-state index contributed by atoms with van der Waals surface area (Å²) in [6, 6.07) is 0. The summed E-state index contributed by atoms with van der Waals surface area (Å²) in [5.74, 6) is 0.0880. The average molecular weight is 142 g/mol. The van der Waals surface area contributed by atoms with Gasteiger partial charge in [-0.2, -0.15) is 0 Å². The molecule has 0 aromatic rings. The van der Waals surface area contributed by atoms with Crippen LogP contribution in [0.1, 0.15) is 0 Å². The Kier molecular flexibility index (Phi) is 1.18. The molecule has 0 bridgehead atoms. The van der Waals surface area contributed by atoms with E-state index in [1.54, 1.807) is 0 Å². The molecule has 0 aromatic carbocycles. The fraction of sp³-hybridized carbons (Fsp3) is 0.833. The van der Waals surface area contributed by atoms with E-state index in [1.165, 1.54) is 0 Å². The van der Waals surface area contributed by atoms with Gasteiger partial charge in [0, 0.05) is 13.1 Å². The van der Waals surface area contributed by atoms with Crippen molar-refractivity contribution >= 4 is 5.91 Å². The highest BCUT2D eigenvalue weighted by Crippen LogP contribution is 2.17. The van der Waals surface area contributed by atoms with Gasteiger partial charge in [0.1, 0.15) is 5.54 Å². The third-order valence-corrected chi connectivity index (χ3v) is 2.01. The van der Waals surface area contributed by atoms with Crippen LogP contribution in [0.25, 0.3) is 0 Å². The Morgan fingerprint density at radius 1 is 1.40 bits per heavy atom. The summed E-state index contributed by atoms with van der Waals surface area (Å²) in [4.78, 5) is 11.1. The molecule has 2 heterocycles. The zero-order valence-corrected chi connectivity index (χ0v) is 5.64. The average Bonchev–Trinajstić information content (AvgIpc) is 1.85. The molecular formula is C6H10N2O2. The van der Waals surface area contributed by atoms with Crippen LogP contribution < -0.4 is 10.6 Å². The van der Waals surface area contributed by atoms with Crippen molar-refractivity contribution in [3.8, 4) is 0 Å². The molecule has 0 aromatic heterocycles. The predicted molar refractivity (Wildman–Crippen MR) is 34.6 cm³/mol. The highest BCUT2D eigenvalue weighted by Gasteiger charge is 2.46. The monoisotopic (exact) mass is 142 g/mol. The second kappa shape index (κ2) is 1.93. The number of amides is 1. The van der Waals surface area contributed by atoms with Gasteiger partial charge in [-0.25, -0.2) is 0 Å². The molecule has 0 aliphatic carbocycles. The molecule has 2 N–H and O–H groups in total. The number of carbonyl (C=O) groups excluding carboxylic acids is 1. The molecule has 2 aliphatic rings. The molecule has 10 heavy (non-hydrogen) atoms. The molecule has 0 radical (unpaired) electrons. The summed E-state index contributed by atoms with van der Waals surface area (Å²) in [6.07, 6.45) is 0. The van der Waals surface area contributed by atoms with Gasteiger partial charge in [0.2, 0.25) is 5.91 Å². The van der Waals surface area contributed by atoms with E-state index in [0.717, 1.165) is 13.1 Å². The molecule has 2 fully saturated rings. The minimum absolute atomic E-state index is 0.0880. The predicted octanol–water partition coefficient (Wildman–Crippen LogP) is -1.53. The van der Waals surface area contributed by atoms with Crippen molar-refractivity contribution in [3.63, 3.8) is 0 Å². The van der Waals surface area contributed by atoms with Crippen LogP contribution in [-0.2, 0) is 9.53 Å². The topological polar surface area (TPSA) is 50.4 Å². The minimum Gasteiger partial charge on any atom is -0.376 e. The zero-order valence-electron chi connectivity index (χ0n) is 5.64. The van der Waals surface area contributed by atoms with Crippen molar-refractivity contribution in [2.24, 2.45) is 0 Å². The van der Waals surface area contributed by atoms with Crippen molar-refractivity contribution in [2.45, 2.75) is 5.54 Å². The number of rotatable bonds is 0. The van der Waals surface area contributed by atoms with Crippen LogP contribution in [0.2, 0.25) is 0 Å². The van der Waals surface area contributed by atoms with E-state index < -0.39 is 0 Å². The highest BCUT2D eigenvalue weighted by atomic mass is 16.5. The number of ether oxygens (including phenoxy) is 1. The van der Waals surface area contributed by atoms with Gasteiger partial charge in [0.15, 0.2) is 0 Å². The van der Waals surface area contributed by atoms with E-state index in [1.807, 2.05) is 0 Å². The Labute approximate surface area is 58.9 Å². The molecule has 1 amide bonds. The van der Waals surface area contributed by atoms with Crippen LogP contribution in [0.5, 0.6) is 0 Å². The number of nitrogens with one attached hydrogen (secondary N) is 2. The standard InChI is InChI=1S/C6H10N2O2/c9-5-6(3-10-4-6)8-2-1-7-5/h8H,1-4H2,(H,7,9). The van der Waals surface area contributed by atoms with E-state index in [2.05, 4.69) is 10.6 Å². The molecule has 0 saturated carbocycles. The SMILES string of the molecule is O=C1NCCNC12COC2. The summed E-state index contributed by atoms with van der Waals surface area (Å²) in [5.41, 5.74) is -0.363. The first kappa shape index (κ1) is 6.12. The Hall–Kier alpha value is -0.610. The Balaban J connectivity index is 2.10. The summed E-state index contributed by atoms with van der Waals surface area (Å²) in [7, 11) is 0. The summed E-state index contributed by atoms with van der Waals surface area (Å²) < 4.78 is 4.96. The smallest absolute Gasteiger partial charge is 0.245 e. The van der Waals surface area contributed by atoms with E-state index in [0.29, 0.717) is 13.2 Å². The number of hydrogen-bond acceptors (Lipinski definition) is 3. The number of piperazine rings is 1. The second-order valence-corrected chi connectivity index (χ2v) is 2.76. The maximum absolute atomic E-state index is 11.1. The summed E-state index contributed by atoms with van der Waals surface area (Å²) in [5, 5.41) is 5.94. The van der Waals surface area contributed by atoms with Gasteiger partial charge in [-0.3, -0.25) is 10.1 Å². The van der Waals surface area contributed by atoms with Crippen LogP contribution in [-0.4, -0.2) is 37.7 Å². The van der Waals surface area contributed by atoms with Gasteiger partial charge in [0.25, 0.3) is 0 Å². The summed E-state index contributed by atoms with van der Waals surface area (Å²) >= 11 is 0. The zero-order chi connectivity index (χ0) is 7.03. The molecule has 56 valence electrons. The fourth-order valence-corrected chi connectivity index (χ4v) is 1.27. The normalized spacial score (nSPS) is 29.4. The maximum atomic E-state index is 11.1. The first-order valence-electron chi connectivity index (χ1n) is 3.45. The minimum atomic E-state index is -0.363. The Bertz CT molecular complexity index is 165. The fourth-order valence-electron chi connectivity index (χ4n) is 1.27. The number of carbonyl (C=O) groups is 1. The van der Waals surface area contributed by atoms with E-state index in [9.17, 15) is 4.79 Å². The first-order chi connectivity index (χ1) is 4.83. The van der Waals surface area contributed by atoms with Crippen LogP contribution >= 0.6 is 0 Å². The van der Waals surface area contributed by atoms with Crippen molar-refractivity contribution in [3.05, 3.63) is 0 Å². The van der Waals surface area contributed by atoms with Crippen molar-refractivity contribution in [1.29, 1.82) is 0 Å². The molecule has 2 rings (SSSR count). The molecular weight excluding hydrogens is 132 g/mol. The van der Waals surface area contributed by atoms with Crippen LogP contribution in [0, 0.1) is 0 Å². The second-order valence-electron chi connectivity index (χ2n) is 2.76. The van der Waals surface area contributed by atoms with Crippen LogP contribution in [0.4, 0.5) is 0 Å². The Morgan fingerprint density at radius 2 is 2.20 bits per heavy atom. The van der Waals surface area contributed by atoms with Gasteiger partial charge in [-0.05, 0) is 0 Å². The highest BCUT2D eigenvalue weighted by molar-refractivity contribution is 5.88. The van der Waals surface area contributed by atoms with Gasteiger partial charge in [-0.1, -0.05) is 0 Å². The molecule has 0 unspecified atom stereocenters. The van der Waals surface area contributed by atoms with E-state index in [4.69, 9.17) is 4.74 Å². The lowest BCUT2D eigenvalue weighted by Gasteiger charge is -2.43.